The second kappa shape index (κ2) is 7.84. The number of amides is 1. The Morgan fingerprint density at radius 3 is 2.85 bits per heavy atom. The van der Waals surface area contributed by atoms with Crippen LogP contribution in [-0.2, 0) is 4.79 Å². The maximum atomic E-state index is 12.0. The molecule has 6 nitrogen and oxygen atoms in total. The Morgan fingerprint density at radius 1 is 1.22 bits per heavy atom. The zero-order chi connectivity index (χ0) is 18.6. The molecule has 1 saturated heterocycles. The van der Waals surface area contributed by atoms with Gasteiger partial charge in [0.25, 0.3) is 0 Å². The standard InChI is InChI=1S/C20H20N4O2S/c1-26-18-9-3-2-8-16(18)21-20-23-22-17(13-27-20)14-6-4-7-15(12-14)24-11-5-10-19(24)25/h2-4,6-9,12H,5,10-11,13H2,1H3,(H,21,23). The molecule has 0 spiro atoms. The summed E-state index contributed by atoms with van der Waals surface area (Å²) in [5.74, 6) is 1.62. The van der Waals surface area contributed by atoms with E-state index in [1.54, 1.807) is 18.9 Å². The van der Waals surface area contributed by atoms with E-state index in [1.165, 1.54) is 0 Å². The number of thioether (sulfide) groups is 1. The van der Waals surface area contributed by atoms with E-state index >= 15 is 0 Å². The Labute approximate surface area is 162 Å². The van der Waals surface area contributed by atoms with Gasteiger partial charge in [-0.05, 0) is 30.7 Å². The van der Waals surface area contributed by atoms with Crippen molar-refractivity contribution in [1.82, 2.24) is 5.43 Å². The maximum Gasteiger partial charge on any atom is 0.227 e. The molecule has 4 rings (SSSR count). The van der Waals surface area contributed by atoms with Gasteiger partial charge in [0.2, 0.25) is 5.91 Å². The molecule has 0 radical (unpaired) electrons. The van der Waals surface area contributed by atoms with Gasteiger partial charge in [0, 0.05) is 30.0 Å². The van der Waals surface area contributed by atoms with Gasteiger partial charge >= 0.3 is 0 Å². The van der Waals surface area contributed by atoms with Crippen LogP contribution in [0.2, 0.25) is 0 Å². The number of ether oxygens (including phenoxy) is 1. The molecular weight excluding hydrogens is 360 g/mol. The van der Waals surface area contributed by atoms with Crippen LogP contribution in [0.25, 0.3) is 0 Å². The van der Waals surface area contributed by atoms with Gasteiger partial charge in [-0.25, -0.2) is 4.99 Å². The lowest BCUT2D eigenvalue weighted by Gasteiger charge is -2.19. The van der Waals surface area contributed by atoms with Crippen LogP contribution in [0.5, 0.6) is 5.75 Å². The summed E-state index contributed by atoms with van der Waals surface area (Å²) in [6, 6.07) is 15.6. The van der Waals surface area contributed by atoms with E-state index in [1.807, 2.05) is 53.4 Å². The first kappa shape index (κ1) is 17.6. The average Bonchev–Trinajstić information content (AvgIpc) is 3.15. The largest absolute Gasteiger partial charge is 0.494 e. The normalized spacial score (nSPS) is 18.4. The fraction of sp³-hybridized carbons (Fsp3) is 0.250. The van der Waals surface area contributed by atoms with Crippen molar-refractivity contribution in [3.63, 3.8) is 0 Å². The number of methoxy groups -OCH3 is 1. The fourth-order valence-electron chi connectivity index (χ4n) is 3.13. The van der Waals surface area contributed by atoms with Crippen LogP contribution in [0.4, 0.5) is 11.4 Å². The lowest BCUT2D eigenvalue weighted by molar-refractivity contribution is -0.117. The Balaban J connectivity index is 1.52. The number of hydrogen-bond acceptors (Lipinski definition) is 5. The number of carbonyl (C=O) groups is 1. The number of para-hydroxylation sites is 2. The Morgan fingerprint density at radius 2 is 2.11 bits per heavy atom. The van der Waals surface area contributed by atoms with Gasteiger partial charge in [-0.3, -0.25) is 10.2 Å². The molecule has 2 aromatic carbocycles. The second-order valence-electron chi connectivity index (χ2n) is 6.25. The van der Waals surface area contributed by atoms with Crippen LogP contribution in [-0.4, -0.2) is 36.2 Å². The van der Waals surface area contributed by atoms with E-state index in [-0.39, 0.29) is 5.91 Å². The van der Waals surface area contributed by atoms with Crippen molar-refractivity contribution in [2.24, 2.45) is 10.1 Å². The lowest BCUT2D eigenvalue weighted by atomic mass is 10.1. The minimum Gasteiger partial charge on any atom is -0.494 e. The predicted octanol–water partition coefficient (Wildman–Crippen LogP) is 3.55. The smallest absolute Gasteiger partial charge is 0.227 e. The number of nitrogens with one attached hydrogen (secondary N) is 1. The number of amidine groups is 1. The van der Waals surface area contributed by atoms with Crippen molar-refractivity contribution in [2.75, 3.05) is 24.3 Å². The van der Waals surface area contributed by atoms with Gasteiger partial charge in [0.05, 0.1) is 12.8 Å². The van der Waals surface area contributed by atoms with Crippen LogP contribution < -0.4 is 15.1 Å². The van der Waals surface area contributed by atoms with Crippen molar-refractivity contribution in [3.05, 3.63) is 54.1 Å². The second-order valence-corrected chi connectivity index (χ2v) is 7.21. The van der Waals surface area contributed by atoms with E-state index in [4.69, 9.17) is 4.74 Å². The minimum atomic E-state index is 0.191. The van der Waals surface area contributed by atoms with Gasteiger partial charge in [-0.15, -0.1) is 0 Å². The molecule has 0 aliphatic carbocycles. The third kappa shape index (κ3) is 3.83. The van der Waals surface area contributed by atoms with E-state index in [0.29, 0.717) is 12.2 Å². The number of nitrogens with zero attached hydrogens (tertiary/aromatic N) is 3. The third-order valence-electron chi connectivity index (χ3n) is 4.50. The molecule has 2 aromatic rings. The van der Waals surface area contributed by atoms with Crippen LogP contribution >= 0.6 is 11.8 Å². The Kier molecular flexibility index (Phi) is 5.11. The van der Waals surface area contributed by atoms with Crippen LogP contribution in [0.1, 0.15) is 18.4 Å². The Bertz CT molecular complexity index is 926. The molecular formula is C20H20N4O2S. The summed E-state index contributed by atoms with van der Waals surface area (Å²) >= 11 is 1.59. The summed E-state index contributed by atoms with van der Waals surface area (Å²) in [6.45, 7) is 0.789. The van der Waals surface area contributed by atoms with Crippen molar-refractivity contribution >= 4 is 39.9 Å². The zero-order valence-corrected chi connectivity index (χ0v) is 15.8. The van der Waals surface area contributed by atoms with E-state index in [2.05, 4.69) is 15.5 Å². The fourth-order valence-corrected chi connectivity index (χ4v) is 3.91. The van der Waals surface area contributed by atoms with E-state index in [0.717, 1.165) is 46.5 Å². The summed E-state index contributed by atoms with van der Waals surface area (Å²) in [6.07, 6.45) is 1.55. The van der Waals surface area contributed by atoms with Crippen molar-refractivity contribution in [1.29, 1.82) is 0 Å². The van der Waals surface area contributed by atoms with Crippen LogP contribution in [0, 0.1) is 0 Å². The van der Waals surface area contributed by atoms with E-state index in [9.17, 15) is 4.79 Å². The number of hydrazone groups is 1. The summed E-state index contributed by atoms with van der Waals surface area (Å²) in [5, 5.41) is 5.22. The van der Waals surface area contributed by atoms with Crippen LogP contribution in [0.15, 0.2) is 58.6 Å². The third-order valence-corrected chi connectivity index (χ3v) is 5.38. The highest BCUT2D eigenvalue weighted by atomic mass is 32.2. The molecule has 27 heavy (non-hydrogen) atoms. The number of rotatable bonds is 4. The summed E-state index contributed by atoms with van der Waals surface area (Å²) < 4.78 is 5.34. The molecule has 0 bridgehead atoms. The molecule has 0 atom stereocenters. The average molecular weight is 380 g/mol. The first-order chi connectivity index (χ1) is 13.2. The van der Waals surface area contributed by atoms with Crippen molar-refractivity contribution in [3.8, 4) is 5.75 Å². The molecule has 1 fully saturated rings. The lowest BCUT2D eigenvalue weighted by Crippen LogP contribution is -2.26. The predicted molar refractivity (Wildman–Crippen MR) is 110 cm³/mol. The number of aliphatic imine (C=N–C) groups is 1. The molecule has 0 saturated carbocycles. The number of carbonyl (C=O) groups excluding carboxylic acids is 1. The molecule has 0 unspecified atom stereocenters. The molecule has 2 heterocycles. The van der Waals surface area contributed by atoms with Crippen molar-refractivity contribution < 1.29 is 9.53 Å². The Hall–Kier alpha value is -2.80. The molecule has 138 valence electrons. The SMILES string of the molecule is COc1ccccc1N=C1NN=C(c2cccc(N3CCCC3=O)c2)CS1. The van der Waals surface area contributed by atoms with Crippen molar-refractivity contribution in [2.45, 2.75) is 12.8 Å². The summed E-state index contributed by atoms with van der Waals surface area (Å²) in [7, 11) is 1.63. The summed E-state index contributed by atoms with van der Waals surface area (Å²) in [4.78, 5) is 18.4. The highest BCUT2D eigenvalue weighted by Crippen LogP contribution is 2.28. The molecule has 7 heteroatoms. The number of hydrogen-bond donors (Lipinski definition) is 1. The first-order valence-corrected chi connectivity index (χ1v) is 9.81. The monoisotopic (exact) mass is 380 g/mol. The minimum absolute atomic E-state index is 0.191. The van der Waals surface area contributed by atoms with Gasteiger partial charge in [0.1, 0.15) is 11.4 Å². The van der Waals surface area contributed by atoms with Gasteiger partial charge < -0.3 is 9.64 Å². The molecule has 1 amide bonds. The van der Waals surface area contributed by atoms with Gasteiger partial charge in [0.15, 0.2) is 5.17 Å². The highest BCUT2D eigenvalue weighted by molar-refractivity contribution is 8.14. The molecule has 2 aliphatic heterocycles. The molecule has 1 N–H and O–H groups in total. The van der Waals surface area contributed by atoms with Gasteiger partial charge in [-0.2, -0.15) is 5.10 Å². The van der Waals surface area contributed by atoms with E-state index < -0.39 is 0 Å². The quantitative estimate of drug-likeness (QED) is 0.881. The zero-order valence-electron chi connectivity index (χ0n) is 15.0. The molecule has 0 aromatic heterocycles. The number of benzene rings is 2. The highest BCUT2D eigenvalue weighted by Gasteiger charge is 2.22. The summed E-state index contributed by atoms with van der Waals surface area (Å²) in [5.41, 5.74) is 6.69. The number of anilines is 1. The molecule has 2 aliphatic rings. The topological polar surface area (TPSA) is 66.3 Å². The van der Waals surface area contributed by atoms with Crippen LogP contribution in [0.3, 0.4) is 0 Å². The maximum absolute atomic E-state index is 12.0. The first-order valence-electron chi connectivity index (χ1n) is 8.82. The van der Waals surface area contributed by atoms with Gasteiger partial charge in [-0.1, -0.05) is 36.0 Å².